The molecular weight excluding hydrogens is 604 g/mol. The minimum Gasteiger partial charge on any atom is -0.490 e. The number of carbonyl (C=O) groups is 4. The van der Waals surface area contributed by atoms with Crippen LogP contribution < -0.4 is 20.1 Å². The van der Waals surface area contributed by atoms with Gasteiger partial charge < -0.3 is 34.9 Å². The zero-order valence-electron chi connectivity index (χ0n) is 26.9. The van der Waals surface area contributed by atoms with Crippen molar-refractivity contribution in [1.82, 2.24) is 20.5 Å². The van der Waals surface area contributed by atoms with Gasteiger partial charge in [0, 0.05) is 17.4 Å². The number of para-hydroxylation sites is 1. The van der Waals surface area contributed by atoms with Gasteiger partial charge in [0.2, 0.25) is 17.7 Å². The molecule has 47 heavy (non-hydrogen) atoms. The lowest BCUT2D eigenvalue weighted by molar-refractivity contribution is -0.146. The van der Waals surface area contributed by atoms with Gasteiger partial charge in [-0.05, 0) is 47.6 Å². The fraction of sp³-hybridized carbons (Fsp3) is 0.457. The highest BCUT2D eigenvalue weighted by atomic mass is 16.6. The third-order valence-corrected chi connectivity index (χ3v) is 9.25. The number of alkyl carbamates (subject to hydrolysis) is 1. The van der Waals surface area contributed by atoms with Crippen molar-refractivity contribution in [2.24, 2.45) is 11.3 Å². The first-order valence-corrected chi connectivity index (χ1v) is 16.0. The lowest BCUT2D eigenvalue weighted by atomic mass is 9.85. The van der Waals surface area contributed by atoms with Gasteiger partial charge in [0.25, 0.3) is 0 Å². The molecule has 1 aromatic heterocycles. The normalized spacial score (nSPS) is 26.2. The largest absolute Gasteiger partial charge is 0.490 e. The molecule has 12 heteroatoms. The van der Waals surface area contributed by atoms with Crippen molar-refractivity contribution < 1.29 is 38.5 Å². The second-order valence-corrected chi connectivity index (χ2v) is 13.5. The molecule has 2 unspecified atom stereocenters. The van der Waals surface area contributed by atoms with Crippen molar-refractivity contribution in [2.45, 2.75) is 70.7 Å². The number of hydrogen-bond donors (Lipinski definition) is 3. The number of cyclic esters (lactones) is 1. The Morgan fingerprint density at radius 3 is 2.57 bits per heavy atom. The summed E-state index contributed by atoms with van der Waals surface area (Å²) in [5.41, 5.74) is 0.0281. The summed E-state index contributed by atoms with van der Waals surface area (Å²) < 4.78 is 17.8. The number of hydrogen-bond acceptors (Lipinski definition) is 8. The standard InChI is InChI=1S/C35H40N4O8/c1-5-22-18-35(22,32(42)43)38-29(40)27-17-24-19-39(27)31(41)28(34(2,3)4)37-33(44)46-14-13-45-23-11-8-10-20(15-23)25-16-21-9-6-7-12-26(21)36-30(25)47-24/h6-12,15-16,22,24,27-28H,5,13-14,17-19H2,1-4H3,(H,37,44)(H,38,40)(H,42,43)/t22-,24?,27+,28+,35?/m1/s1. The minimum atomic E-state index is -1.38. The molecule has 6 rings (SSSR count). The summed E-state index contributed by atoms with van der Waals surface area (Å²) in [7, 11) is 0. The van der Waals surface area contributed by atoms with Crippen LogP contribution in [0, 0.1) is 11.3 Å². The number of aromatic nitrogens is 1. The van der Waals surface area contributed by atoms with Gasteiger partial charge in [0.15, 0.2) is 0 Å². The number of fused-ring (bicyclic) bond motifs is 7. The van der Waals surface area contributed by atoms with E-state index < -0.39 is 53.0 Å². The zero-order valence-corrected chi connectivity index (χ0v) is 26.9. The van der Waals surface area contributed by atoms with Gasteiger partial charge >= 0.3 is 12.1 Å². The molecule has 3 N–H and O–H groups in total. The van der Waals surface area contributed by atoms with E-state index in [0.29, 0.717) is 35.6 Å². The molecule has 3 amide bonds. The zero-order chi connectivity index (χ0) is 33.5. The first-order chi connectivity index (χ1) is 22.4. The number of aliphatic carboxylic acids is 1. The van der Waals surface area contributed by atoms with Crippen LogP contribution in [-0.4, -0.2) is 82.4 Å². The lowest BCUT2D eigenvalue weighted by Crippen LogP contribution is -2.59. The molecule has 2 aromatic carbocycles. The summed E-state index contributed by atoms with van der Waals surface area (Å²) in [5.74, 6) is -1.52. The quantitative estimate of drug-likeness (QED) is 0.380. The number of carbonyl (C=O) groups excluding carboxylic acids is 3. The number of carboxylic acid groups (broad SMARTS) is 1. The Balaban J connectivity index is 1.41. The summed E-state index contributed by atoms with van der Waals surface area (Å²) >= 11 is 0. The van der Waals surface area contributed by atoms with E-state index >= 15 is 0 Å². The van der Waals surface area contributed by atoms with Crippen LogP contribution in [0.25, 0.3) is 22.0 Å². The highest BCUT2D eigenvalue weighted by Gasteiger charge is 2.61. The van der Waals surface area contributed by atoms with E-state index in [1.165, 1.54) is 4.90 Å². The minimum absolute atomic E-state index is 0.00853. The molecule has 1 aliphatic carbocycles. The van der Waals surface area contributed by atoms with E-state index in [2.05, 4.69) is 10.6 Å². The Morgan fingerprint density at radius 1 is 1.09 bits per heavy atom. The number of pyridine rings is 1. The predicted molar refractivity (Wildman–Crippen MR) is 172 cm³/mol. The van der Waals surface area contributed by atoms with Gasteiger partial charge in [-0.1, -0.05) is 64.4 Å². The molecule has 4 bridgehead atoms. The van der Waals surface area contributed by atoms with Gasteiger partial charge in [-0.15, -0.1) is 0 Å². The second kappa shape index (κ2) is 12.4. The number of amides is 3. The molecule has 2 aliphatic heterocycles. The number of nitrogens with zero attached hydrogens (tertiary/aromatic N) is 2. The smallest absolute Gasteiger partial charge is 0.407 e. The Bertz CT molecular complexity index is 1720. The fourth-order valence-electron chi connectivity index (χ4n) is 6.54. The molecular formula is C35H40N4O8. The molecule has 1 saturated carbocycles. The summed E-state index contributed by atoms with van der Waals surface area (Å²) in [6.07, 6.45) is -0.484. The Morgan fingerprint density at radius 2 is 1.85 bits per heavy atom. The first kappa shape index (κ1) is 32.1. The highest BCUT2D eigenvalue weighted by molar-refractivity contribution is 5.96. The van der Waals surface area contributed by atoms with Crippen LogP contribution in [0.1, 0.15) is 47.0 Å². The third-order valence-electron chi connectivity index (χ3n) is 9.25. The van der Waals surface area contributed by atoms with Gasteiger partial charge in [-0.2, -0.15) is 0 Å². The second-order valence-electron chi connectivity index (χ2n) is 13.5. The number of rotatable bonds is 4. The molecule has 5 atom stereocenters. The molecule has 12 nitrogen and oxygen atoms in total. The highest BCUT2D eigenvalue weighted by Crippen LogP contribution is 2.46. The van der Waals surface area contributed by atoms with E-state index in [0.717, 1.165) is 10.9 Å². The number of ether oxygens (including phenoxy) is 3. The van der Waals surface area contributed by atoms with E-state index in [9.17, 15) is 24.3 Å². The molecule has 3 heterocycles. The summed E-state index contributed by atoms with van der Waals surface area (Å²) in [6, 6.07) is 14.9. The van der Waals surface area contributed by atoms with Crippen molar-refractivity contribution >= 4 is 34.8 Å². The maximum Gasteiger partial charge on any atom is 0.407 e. The van der Waals surface area contributed by atoms with Gasteiger partial charge in [-0.3, -0.25) is 9.59 Å². The summed E-state index contributed by atoms with van der Waals surface area (Å²) in [6.45, 7) is 7.29. The van der Waals surface area contributed by atoms with Gasteiger partial charge in [0.1, 0.15) is 42.7 Å². The molecule has 0 spiro atoms. The predicted octanol–water partition coefficient (Wildman–Crippen LogP) is 4.15. The maximum absolute atomic E-state index is 14.3. The molecule has 248 valence electrons. The van der Waals surface area contributed by atoms with Crippen molar-refractivity contribution in [3.8, 4) is 22.8 Å². The molecule has 2 fully saturated rings. The van der Waals surface area contributed by atoms with Crippen LogP contribution in [0.4, 0.5) is 4.79 Å². The van der Waals surface area contributed by atoms with E-state index in [-0.39, 0.29) is 32.1 Å². The number of nitrogens with one attached hydrogen (secondary N) is 2. The van der Waals surface area contributed by atoms with Crippen LogP contribution in [0.15, 0.2) is 54.6 Å². The Hall–Kier alpha value is -4.87. The SMILES string of the molecule is CC[C@@H]1CC1(NC(=O)[C@@H]1CC2CN1C(=O)[C@@H](C(C)(C)C)NC(=O)OCCOc1cccc(c1)-c1cc3ccccc3nc1O2)C(=O)O. The summed E-state index contributed by atoms with van der Waals surface area (Å²) in [4.78, 5) is 59.6. The maximum atomic E-state index is 14.3. The fourth-order valence-corrected chi connectivity index (χ4v) is 6.54. The number of carboxylic acids is 1. The van der Waals surface area contributed by atoms with Crippen molar-refractivity contribution in [3.63, 3.8) is 0 Å². The van der Waals surface area contributed by atoms with E-state index in [4.69, 9.17) is 19.2 Å². The monoisotopic (exact) mass is 644 g/mol. The van der Waals surface area contributed by atoms with Crippen LogP contribution in [0.5, 0.6) is 11.6 Å². The van der Waals surface area contributed by atoms with Crippen molar-refractivity contribution in [3.05, 3.63) is 54.6 Å². The van der Waals surface area contributed by atoms with Crippen LogP contribution >= 0.6 is 0 Å². The number of benzene rings is 2. The van der Waals surface area contributed by atoms with Crippen molar-refractivity contribution in [1.29, 1.82) is 0 Å². The average molecular weight is 645 g/mol. The Labute approximate surface area is 272 Å². The van der Waals surface area contributed by atoms with Gasteiger partial charge in [0.05, 0.1) is 12.1 Å². The molecule has 1 saturated heterocycles. The average Bonchev–Trinajstić information content (AvgIpc) is 3.60. The third kappa shape index (κ3) is 6.41. The Kier molecular flexibility index (Phi) is 8.46. The van der Waals surface area contributed by atoms with E-state index in [1.807, 2.05) is 55.5 Å². The topological polar surface area (TPSA) is 156 Å². The molecule has 0 radical (unpaired) electrons. The molecule has 3 aliphatic rings. The summed E-state index contributed by atoms with van der Waals surface area (Å²) in [5, 5.41) is 16.4. The van der Waals surface area contributed by atoms with Gasteiger partial charge in [-0.25, -0.2) is 14.6 Å². The van der Waals surface area contributed by atoms with Crippen LogP contribution in [-0.2, 0) is 19.1 Å². The van der Waals surface area contributed by atoms with E-state index in [1.54, 1.807) is 26.8 Å². The first-order valence-electron chi connectivity index (χ1n) is 16.0. The van der Waals surface area contributed by atoms with Crippen LogP contribution in [0.3, 0.4) is 0 Å². The van der Waals surface area contributed by atoms with Crippen LogP contribution in [0.2, 0.25) is 0 Å². The molecule has 3 aromatic rings. The lowest BCUT2D eigenvalue weighted by Gasteiger charge is -2.35. The van der Waals surface area contributed by atoms with Crippen molar-refractivity contribution in [2.75, 3.05) is 19.8 Å².